The number of hydrogen-bond acceptors (Lipinski definition) is 17. The van der Waals surface area contributed by atoms with Gasteiger partial charge in [0.15, 0.2) is 29.5 Å². The smallest absolute Gasteiger partial charge is 0.394 e. The fraction of sp³-hybridized carbons (Fsp3) is 0.550. The standard InChI is InChI=1S/C20H27N10O11P/c21-19-27-16-9(17(35)28-19)25-5-29(16)18-14(11(33)7(2-31)40-18)41-42(36,37)38-3-8-10(32)12(34)13(39-8)6-1-26-30-15(6)23-4-24-20(30)22/h1,4-5,7-8,10-14,18,20,31-34H,2-3,22H2,(H,23,24)(H,36,37)(H3,21,27,28,35)/t7-,8-,10?,11?,12+,13+,14+,18-,20?/m1/s1. The van der Waals surface area contributed by atoms with E-state index < -0.39 is 81.8 Å². The molecule has 10 atom stereocenters. The van der Waals surface area contributed by atoms with Crippen molar-refractivity contribution < 1.29 is 48.4 Å². The Hall–Kier alpha value is -3.34. The van der Waals surface area contributed by atoms with Crippen LogP contribution >= 0.6 is 7.82 Å². The third kappa shape index (κ3) is 4.89. The number of phosphoric acid groups is 1. The Balaban J connectivity index is 1.18. The van der Waals surface area contributed by atoms with Crippen molar-refractivity contribution in [2.75, 3.05) is 18.9 Å². The van der Waals surface area contributed by atoms with Crippen LogP contribution in [0.2, 0.25) is 0 Å². The molecule has 0 aromatic carbocycles. The average molecular weight is 614 g/mol. The van der Waals surface area contributed by atoms with Crippen molar-refractivity contribution in [3.63, 3.8) is 0 Å². The maximum absolute atomic E-state index is 13.0. The molecule has 22 heteroatoms. The van der Waals surface area contributed by atoms with Gasteiger partial charge in [0.1, 0.15) is 42.7 Å². The minimum Gasteiger partial charge on any atom is -0.394 e. The number of aliphatic imine (C=N–C) groups is 1. The average Bonchev–Trinajstić information content (AvgIpc) is 3.69. The van der Waals surface area contributed by atoms with Gasteiger partial charge in [-0.1, -0.05) is 0 Å². The van der Waals surface area contributed by atoms with Gasteiger partial charge in [0.05, 0.1) is 32.1 Å². The van der Waals surface area contributed by atoms with Crippen molar-refractivity contribution in [1.82, 2.24) is 34.6 Å². The lowest BCUT2D eigenvalue weighted by atomic mass is 10.0. The predicted octanol–water partition coefficient (Wildman–Crippen LogP) is -3.81. The lowest BCUT2D eigenvalue weighted by Crippen LogP contribution is -2.36. The zero-order chi connectivity index (χ0) is 29.9. The number of nitrogens with one attached hydrogen (secondary N) is 2. The Morgan fingerprint density at radius 3 is 2.71 bits per heavy atom. The van der Waals surface area contributed by atoms with Crippen LogP contribution in [-0.4, -0.2) is 111 Å². The van der Waals surface area contributed by atoms with Crippen molar-refractivity contribution in [3.8, 4) is 0 Å². The number of fused-ring (bicyclic) bond motifs is 2. The Kier molecular flexibility index (Phi) is 7.35. The summed E-state index contributed by atoms with van der Waals surface area (Å²) in [7, 11) is -5.05. The molecule has 3 aliphatic rings. The van der Waals surface area contributed by atoms with E-state index in [2.05, 4.69) is 30.4 Å². The lowest BCUT2D eigenvalue weighted by Gasteiger charge is -2.25. The summed E-state index contributed by atoms with van der Waals surface area (Å²) in [6.45, 7) is -1.42. The topological polar surface area (TPSA) is 313 Å². The molecule has 11 N–H and O–H groups in total. The van der Waals surface area contributed by atoms with Gasteiger partial charge in [0.25, 0.3) is 5.56 Å². The van der Waals surface area contributed by atoms with Crippen molar-refractivity contribution >= 4 is 37.1 Å². The molecule has 3 aromatic rings. The summed E-state index contributed by atoms with van der Waals surface area (Å²) >= 11 is 0. The highest BCUT2D eigenvalue weighted by molar-refractivity contribution is 7.47. The second-order valence-electron chi connectivity index (χ2n) is 9.66. The Morgan fingerprint density at radius 2 is 1.95 bits per heavy atom. The minimum absolute atomic E-state index is 0.0831. The van der Waals surface area contributed by atoms with Crippen LogP contribution < -0.4 is 22.3 Å². The summed E-state index contributed by atoms with van der Waals surface area (Å²) in [5.41, 5.74) is 11.0. The number of ether oxygens (including phenoxy) is 2. The Bertz CT molecular complexity index is 1610. The fourth-order valence-corrected chi connectivity index (χ4v) is 5.92. The van der Waals surface area contributed by atoms with Crippen LogP contribution in [0.3, 0.4) is 0 Å². The number of aromatic nitrogens is 6. The SMILES string of the molecule is Nc1nc2c(ncn2[C@@H]2O[C@H](CO)C(O)[C@@H]2OP(=O)(O)OC[C@H]2O[C@@H](c3cnn4c3N=CNC4N)[C@@H](O)C2O)c(=O)[nH]1. The van der Waals surface area contributed by atoms with Crippen molar-refractivity contribution in [3.05, 3.63) is 28.4 Å². The summed E-state index contributed by atoms with van der Waals surface area (Å²) in [6.07, 6.45) is -8.31. The van der Waals surface area contributed by atoms with E-state index in [9.17, 15) is 34.7 Å². The Labute approximate surface area is 233 Å². The molecule has 0 radical (unpaired) electrons. The number of phosphoric ester groups is 1. The zero-order valence-electron chi connectivity index (χ0n) is 21.3. The van der Waals surface area contributed by atoms with E-state index in [0.717, 1.165) is 10.9 Å². The highest BCUT2D eigenvalue weighted by atomic mass is 31.2. The molecule has 6 rings (SSSR count). The van der Waals surface area contributed by atoms with E-state index in [4.69, 9.17) is 30.0 Å². The number of anilines is 1. The van der Waals surface area contributed by atoms with Crippen LogP contribution in [0.4, 0.5) is 11.8 Å². The molecule has 21 nitrogen and oxygen atoms in total. The first-order chi connectivity index (χ1) is 20.0. The second-order valence-corrected chi connectivity index (χ2v) is 11.1. The summed E-state index contributed by atoms with van der Waals surface area (Å²) in [4.78, 5) is 37.1. The van der Waals surface area contributed by atoms with Gasteiger partial charge in [-0.3, -0.25) is 29.1 Å². The number of imidazole rings is 1. The maximum atomic E-state index is 13.0. The highest BCUT2D eigenvalue weighted by Crippen LogP contribution is 2.50. The molecule has 0 amide bonds. The van der Waals surface area contributed by atoms with Crippen LogP contribution in [-0.2, 0) is 23.1 Å². The minimum atomic E-state index is -5.05. The molecule has 0 bridgehead atoms. The van der Waals surface area contributed by atoms with Crippen LogP contribution in [0.5, 0.6) is 0 Å². The van der Waals surface area contributed by atoms with Gasteiger partial charge in [0, 0.05) is 5.56 Å². The van der Waals surface area contributed by atoms with Gasteiger partial charge in [-0.2, -0.15) is 10.1 Å². The zero-order valence-corrected chi connectivity index (χ0v) is 22.2. The molecular formula is C20H27N10O11P. The molecule has 2 saturated heterocycles. The third-order valence-corrected chi connectivity index (χ3v) is 8.02. The molecule has 3 aromatic heterocycles. The predicted molar refractivity (Wildman–Crippen MR) is 137 cm³/mol. The molecule has 228 valence electrons. The molecular weight excluding hydrogens is 587 g/mol. The largest absolute Gasteiger partial charge is 0.472 e. The van der Waals surface area contributed by atoms with Crippen LogP contribution in [0, 0.1) is 0 Å². The van der Waals surface area contributed by atoms with Gasteiger partial charge >= 0.3 is 7.82 Å². The molecule has 4 unspecified atom stereocenters. The molecule has 42 heavy (non-hydrogen) atoms. The highest BCUT2D eigenvalue weighted by Gasteiger charge is 2.50. The second kappa shape index (κ2) is 10.7. The third-order valence-electron chi connectivity index (χ3n) is 7.04. The van der Waals surface area contributed by atoms with E-state index in [0.29, 0.717) is 5.56 Å². The van der Waals surface area contributed by atoms with E-state index in [1.54, 1.807) is 0 Å². The molecule has 0 saturated carbocycles. The van der Waals surface area contributed by atoms with E-state index >= 15 is 0 Å². The van der Waals surface area contributed by atoms with Gasteiger partial charge in [-0.15, -0.1) is 0 Å². The first-order valence-corrected chi connectivity index (χ1v) is 13.9. The van der Waals surface area contributed by atoms with E-state index in [1.165, 1.54) is 17.2 Å². The monoisotopic (exact) mass is 614 g/mol. The van der Waals surface area contributed by atoms with Crippen LogP contribution in [0.15, 0.2) is 22.3 Å². The van der Waals surface area contributed by atoms with E-state index in [1.807, 2.05) is 0 Å². The van der Waals surface area contributed by atoms with E-state index in [-0.39, 0.29) is 22.9 Å². The number of nitrogens with zero attached hydrogens (tertiary/aromatic N) is 6. The van der Waals surface area contributed by atoms with Gasteiger partial charge in [0.2, 0.25) is 5.95 Å². The lowest BCUT2D eigenvalue weighted by molar-refractivity contribution is -0.0550. The van der Waals surface area contributed by atoms with Gasteiger partial charge in [-0.05, 0) is 0 Å². The maximum Gasteiger partial charge on any atom is 0.472 e. The first kappa shape index (κ1) is 28.8. The quantitative estimate of drug-likeness (QED) is 0.110. The molecule has 0 spiro atoms. The van der Waals surface area contributed by atoms with Crippen LogP contribution in [0.1, 0.15) is 24.2 Å². The summed E-state index contributed by atoms with van der Waals surface area (Å²) in [6, 6.07) is 0. The number of nitrogens with two attached hydrogens (primary N) is 2. The fourth-order valence-electron chi connectivity index (χ4n) is 4.98. The summed E-state index contributed by atoms with van der Waals surface area (Å²) in [5.74, 6) is 0.0268. The first-order valence-electron chi connectivity index (χ1n) is 12.4. The molecule has 2 fully saturated rings. The van der Waals surface area contributed by atoms with Gasteiger partial charge < -0.3 is 45.8 Å². The number of hydrogen-bond donors (Lipinski definition) is 9. The number of nitrogen functional groups attached to an aromatic ring is 1. The van der Waals surface area contributed by atoms with Gasteiger partial charge in [-0.25, -0.2) is 19.2 Å². The summed E-state index contributed by atoms with van der Waals surface area (Å²) < 4.78 is 37.1. The molecule has 6 heterocycles. The number of rotatable bonds is 8. The number of aliphatic hydroxyl groups excluding tert-OH is 4. The van der Waals surface area contributed by atoms with Crippen LogP contribution in [0.25, 0.3) is 11.2 Å². The Morgan fingerprint density at radius 1 is 1.17 bits per heavy atom. The summed E-state index contributed by atoms with van der Waals surface area (Å²) in [5, 5.41) is 48.4. The molecule has 0 aliphatic carbocycles. The van der Waals surface area contributed by atoms with Crippen molar-refractivity contribution in [1.29, 1.82) is 0 Å². The number of aromatic amines is 1. The van der Waals surface area contributed by atoms with Crippen molar-refractivity contribution in [2.24, 2.45) is 10.7 Å². The molecule has 3 aliphatic heterocycles. The number of aliphatic hydroxyl groups is 4. The van der Waals surface area contributed by atoms with Crippen molar-refractivity contribution in [2.45, 2.75) is 55.2 Å². The number of H-pyrrole nitrogens is 1. The normalized spacial score (nSPS) is 34.0.